The van der Waals surface area contributed by atoms with Gasteiger partial charge in [-0.05, 0) is 93.8 Å². The van der Waals surface area contributed by atoms with E-state index in [1.54, 1.807) is 12.3 Å². The van der Waals surface area contributed by atoms with Crippen LogP contribution in [0.4, 0.5) is 23.8 Å². The van der Waals surface area contributed by atoms with E-state index >= 15 is 0 Å². The van der Waals surface area contributed by atoms with Gasteiger partial charge in [0.2, 0.25) is 0 Å². The van der Waals surface area contributed by atoms with Crippen LogP contribution in [0.25, 0.3) is 39.0 Å². The third-order valence-corrected chi connectivity index (χ3v) is 11.2. The Morgan fingerprint density at radius 3 is 2.57 bits per heavy atom. The largest absolute Gasteiger partial charge is 0.481 e. The number of halogens is 3. The van der Waals surface area contributed by atoms with Crippen LogP contribution in [0.5, 0.6) is 11.8 Å². The average Bonchev–Trinajstić information content (AvgIpc) is 3.57. The molecule has 0 bridgehead atoms. The maximum absolute atomic E-state index is 14.1. The molecule has 1 unspecified atom stereocenters. The second-order valence-electron chi connectivity index (χ2n) is 14.8. The van der Waals surface area contributed by atoms with Crippen LogP contribution in [0, 0.1) is 12.3 Å². The fourth-order valence-corrected chi connectivity index (χ4v) is 8.41. The molecule has 4 aliphatic rings. The fraction of sp³-hybridized carbons (Fsp3) is 0.526. The molecule has 0 radical (unpaired) electrons. The molecule has 1 spiro atoms. The zero-order valence-electron chi connectivity index (χ0n) is 29.8. The minimum atomic E-state index is -4.63. The average molecular weight is 736 g/mol. The first-order chi connectivity index (χ1) is 25.5. The molecule has 2 aromatic carbocycles. The number of alkyl halides is 3. The van der Waals surface area contributed by atoms with Crippen LogP contribution in [-0.4, -0.2) is 101 Å². The Kier molecular flexibility index (Phi) is 9.34. The molecule has 15 heteroatoms. The Balaban J connectivity index is 1.30. The van der Waals surface area contributed by atoms with Gasteiger partial charge < -0.3 is 34.4 Å². The molecule has 4 fully saturated rings. The Bertz CT molecular complexity index is 2020. The quantitative estimate of drug-likeness (QED) is 0.196. The number of fused-ring (bicyclic) bond motifs is 2. The number of nitrogens with zero attached hydrogens (tertiary/aromatic N) is 6. The molecule has 282 valence electrons. The standard InChI is InChI=1S/C38H44F3N7O5/c1-3-24-18-26-32(44-35(53-25-9-13-42-14-10-25)45-34(26)46-15-11-37(12-16-46)20-47(21-37)36(49)50)33(52-22-38(39,40)41)31(24)30-23(2)7-8-28-27(30)19-43-48(28)29-6-4-5-17-51-29/h3,7-8,18-19,25,29,42H,1,4-6,9-17,20-22H2,2H3,(H,49,50). The number of aryl methyl sites for hydroxylation is 1. The number of rotatable bonds is 8. The molecular formula is C38H44F3N7O5. The van der Waals surface area contributed by atoms with E-state index in [1.807, 2.05) is 29.8 Å². The van der Waals surface area contributed by atoms with Crippen molar-refractivity contribution >= 4 is 39.8 Å². The number of carboxylic acid groups (broad SMARTS) is 1. The van der Waals surface area contributed by atoms with Crippen molar-refractivity contribution in [3.8, 4) is 22.9 Å². The summed E-state index contributed by atoms with van der Waals surface area (Å²) in [6.07, 6.45) is 3.17. The van der Waals surface area contributed by atoms with E-state index in [-0.39, 0.29) is 35.0 Å². The van der Waals surface area contributed by atoms with E-state index in [9.17, 15) is 23.1 Å². The number of piperidine rings is 2. The van der Waals surface area contributed by atoms with E-state index in [1.165, 1.54) is 4.90 Å². The summed E-state index contributed by atoms with van der Waals surface area (Å²) in [6, 6.07) is 5.87. The number of carbonyl (C=O) groups is 1. The predicted octanol–water partition coefficient (Wildman–Crippen LogP) is 6.95. The number of nitrogens with one attached hydrogen (secondary N) is 1. The summed E-state index contributed by atoms with van der Waals surface area (Å²) in [6.45, 7) is 8.78. The number of ether oxygens (including phenoxy) is 3. The third kappa shape index (κ3) is 6.84. The van der Waals surface area contributed by atoms with Gasteiger partial charge in [0, 0.05) is 54.5 Å². The second kappa shape index (κ2) is 14.0. The van der Waals surface area contributed by atoms with E-state index < -0.39 is 18.9 Å². The Morgan fingerprint density at radius 1 is 1.11 bits per heavy atom. The molecule has 53 heavy (non-hydrogen) atoms. The number of hydrogen-bond donors (Lipinski definition) is 2. The topological polar surface area (TPSA) is 127 Å². The molecule has 0 aliphatic carbocycles. The van der Waals surface area contributed by atoms with Crippen LogP contribution >= 0.6 is 0 Å². The van der Waals surface area contributed by atoms with Gasteiger partial charge >= 0.3 is 18.3 Å². The van der Waals surface area contributed by atoms with Gasteiger partial charge in [-0.15, -0.1) is 0 Å². The molecule has 12 nitrogen and oxygen atoms in total. The third-order valence-electron chi connectivity index (χ3n) is 11.2. The van der Waals surface area contributed by atoms with E-state index in [2.05, 4.69) is 16.8 Å². The SMILES string of the molecule is C=Cc1cc2c(N3CCC4(CC3)CN(C(=O)O)C4)nc(OC3CCNCC3)nc2c(OCC(F)(F)F)c1-c1c(C)ccc2c1cnn2C1CCCCO1. The highest BCUT2D eigenvalue weighted by Gasteiger charge is 2.47. The monoisotopic (exact) mass is 735 g/mol. The lowest BCUT2D eigenvalue weighted by molar-refractivity contribution is -0.153. The lowest BCUT2D eigenvalue weighted by Crippen LogP contribution is -2.61. The maximum Gasteiger partial charge on any atom is 0.422 e. The first-order valence-corrected chi connectivity index (χ1v) is 18.4. The minimum absolute atomic E-state index is 0.0321. The van der Waals surface area contributed by atoms with Crippen molar-refractivity contribution in [2.75, 3.05) is 57.4 Å². The van der Waals surface area contributed by atoms with Crippen LogP contribution in [0.3, 0.4) is 0 Å². The molecule has 2 N–H and O–H groups in total. The molecule has 8 rings (SSSR count). The van der Waals surface area contributed by atoms with Crippen molar-refractivity contribution in [2.24, 2.45) is 5.41 Å². The summed E-state index contributed by atoms with van der Waals surface area (Å²) >= 11 is 0. The Morgan fingerprint density at radius 2 is 1.89 bits per heavy atom. The van der Waals surface area contributed by atoms with E-state index in [0.29, 0.717) is 60.7 Å². The smallest absolute Gasteiger partial charge is 0.422 e. The maximum atomic E-state index is 14.1. The van der Waals surface area contributed by atoms with Crippen LogP contribution in [0.2, 0.25) is 0 Å². The fourth-order valence-electron chi connectivity index (χ4n) is 8.41. The summed E-state index contributed by atoms with van der Waals surface area (Å²) in [4.78, 5) is 24.8. The predicted molar refractivity (Wildman–Crippen MR) is 193 cm³/mol. The van der Waals surface area contributed by atoms with E-state index in [4.69, 9.17) is 29.3 Å². The van der Waals surface area contributed by atoms with Crippen LogP contribution in [-0.2, 0) is 4.74 Å². The summed E-state index contributed by atoms with van der Waals surface area (Å²) in [5.41, 5.74) is 3.40. The van der Waals surface area contributed by atoms with Gasteiger partial charge in [-0.25, -0.2) is 9.48 Å². The molecular weight excluding hydrogens is 691 g/mol. The summed E-state index contributed by atoms with van der Waals surface area (Å²) in [5.74, 6) is 0.502. The highest BCUT2D eigenvalue weighted by molar-refractivity contribution is 6.07. The number of likely N-dealkylation sites (tertiary alicyclic amines) is 1. The molecule has 4 aliphatic heterocycles. The number of hydrogen-bond acceptors (Lipinski definition) is 9. The molecule has 1 amide bonds. The highest BCUT2D eigenvalue weighted by Crippen LogP contribution is 2.48. The molecule has 1 atom stereocenters. The Hall–Kier alpha value is -4.63. The Labute approximate surface area is 304 Å². The summed E-state index contributed by atoms with van der Waals surface area (Å²) in [5, 5.41) is 18.8. The molecule has 4 saturated heterocycles. The van der Waals surface area contributed by atoms with Gasteiger partial charge in [0.25, 0.3) is 0 Å². The van der Waals surface area contributed by atoms with Crippen molar-refractivity contribution < 1.29 is 37.3 Å². The number of aromatic nitrogens is 4. The lowest BCUT2D eigenvalue weighted by Gasteiger charge is -2.53. The van der Waals surface area contributed by atoms with Gasteiger partial charge in [0.1, 0.15) is 17.4 Å². The van der Waals surface area contributed by atoms with Crippen LogP contribution in [0.15, 0.2) is 31.0 Å². The summed E-state index contributed by atoms with van der Waals surface area (Å²) in [7, 11) is 0. The van der Waals surface area contributed by atoms with Crippen LogP contribution in [0.1, 0.15) is 62.3 Å². The molecule has 2 aromatic heterocycles. The highest BCUT2D eigenvalue weighted by atomic mass is 19.4. The normalized spacial score (nSPS) is 20.9. The van der Waals surface area contributed by atoms with Gasteiger partial charge in [0.05, 0.1) is 11.7 Å². The molecule has 0 saturated carbocycles. The van der Waals surface area contributed by atoms with Crippen molar-refractivity contribution in [1.82, 2.24) is 30.0 Å². The van der Waals surface area contributed by atoms with Gasteiger partial charge in [-0.1, -0.05) is 18.7 Å². The summed E-state index contributed by atoms with van der Waals surface area (Å²) < 4.78 is 62.4. The van der Waals surface area contributed by atoms with Crippen LogP contribution < -0.4 is 19.7 Å². The molecule has 6 heterocycles. The van der Waals surface area contributed by atoms with E-state index in [0.717, 1.165) is 74.5 Å². The van der Waals surface area contributed by atoms with Crippen molar-refractivity contribution in [3.63, 3.8) is 0 Å². The second-order valence-corrected chi connectivity index (χ2v) is 14.8. The number of anilines is 1. The van der Waals surface area contributed by atoms with Crippen molar-refractivity contribution in [3.05, 3.63) is 42.1 Å². The lowest BCUT2D eigenvalue weighted by atomic mass is 9.72. The zero-order valence-corrected chi connectivity index (χ0v) is 29.8. The van der Waals surface area contributed by atoms with Gasteiger partial charge in [-0.3, -0.25) is 0 Å². The zero-order chi connectivity index (χ0) is 36.9. The van der Waals surface area contributed by atoms with Gasteiger partial charge in [0.15, 0.2) is 18.6 Å². The van der Waals surface area contributed by atoms with Crippen molar-refractivity contribution in [2.45, 2.75) is 70.4 Å². The van der Waals surface area contributed by atoms with Gasteiger partial charge in [-0.2, -0.15) is 28.2 Å². The van der Waals surface area contributed by atoms with Crippen molar-refractivity contribution in [1.29, 1.82) is 0 Å². The number of benzene rings is 2. The first kappa shape index (κ1) is 35.4. The molecule has 4 aromatic rings. The first-order valence-electron chi connectivity index (χ1n) is 18.4. The number of amides is 1. The minimum Gasteiger partial charge on any atom is -0.481 e.